The van der Waals surface area contributed by atoms with Crippen LogP contribution >= 0.6 is 0 Å². The molecule has 1 aliphatic rings. The van der Waals surface area contributed by atoms with Crippen LogP contribution < -0.4 is 0 Å². The third kappa shape index (κ3) is 3.62. The molecule has 0 saturated carbocycles. The van der Waals surface area contributed by atoms with Gasteiger partial charge in [0.2, 0.25) is 0 Å². The van der Waals surface area contributed by atoms with E-state index in [4.69, 9.17) is 0 Å². The van der Waals surface area contributed by atoms with Gasteiger partial charge in [-0.25, -0.2) is 0 Å². The van der Waals surface area contributed by atoms with Crippen LogP contribution in [0.4, 0.5) is 26.3 Å². The normalized spacial score (nSPS) is 20.4. The monoisotopic (exact) mass is 262 g/mol. The molecule has 7 heteroatoms. The minimum Gasteiger partial charge on any atom is -0.388 e. The summed E-state index contributed by atoms with van der Waals surface area (Å²) in [4.78, 5) is 0. The molecule has 1 N–H and O–H groups in total. The van der Waals surface area contributed by atoms with Gasteiger partial charge in [-0.15, -0.1) is 0 Å². The molecule has 100 valence electrons. The van der Waals surface area contributed by atoms with Gasteiger partial charge in [0.25, 0.3) is 0 Å². The number of aliphatic hydroxyl groups excluding tert-OH is 1. The zero-order valence-corrected chi connectivity index (χ0v) is 8.78. The molecule has 0 heterocycles. The van der Waals surface area contributed by atoms with Crippen LogP contribution in [0.5, 0.6) is 0 Å². The largest absolute Gasteiger partial charge is 0.403 e. The second kappa shape index (κ2) is 4.88. The van der Waals surface area contributed by atoms with Crippen LogP contribution in [0.3, 0.4) is 0 Å². The van der Waals surface area contributed by atoms with E-state index in [2.05, 4.69) is 0 Å². The number of aliphatic hydroxyl groups is 1. The molecule has 0 aliphatic heterocycles. The van der Waals surface area contributed by atoms with E-state index in [1.165, 1.54) is 6.08 Å². The lowest BCUT2D eigenvalue weighted by atomic mass is 9.87. The zero-order valence-electron chi connectivity index (χ0n) is 8.78. The van der Waals surface area contributed by atoms with Crippen LogP contribution in [0, 0.1) is 5.92 Å². The van der Waals surface area contributed by atoms with Gasteiger partial charge in [-0.1, -0.05) is 6.08 Å². The molecule has 0 radical (unpaired) electrons. The fourth-order valence-electron chi connectivity index (χ4n) is 1.89. The highest BCUT2D eigenvalue weighted by atomic mass is 19.4. The molecule has 0 aromatic carbocycles. The summed E-state index contributed by atoms with van der Waals surface area (Å²) < 4.78 is 73.9. The molecule has 0 bridgehead atoms. The summed E-state index contributed by atoms with van der Waals surface area (Å²) in [6.07, 6.45) is -10.5. The molecule has 17 heavy (non-hydrogen) atoms. The number of allylic oxidation sites excluding steroid dienone is 1. The quantitative estimate of drug-likeness (QED) is 0.595. The van der Waals surface area contributed by atoms with Crippen LogP contribution in [0.25, 0.3) is 0 Å². The molecule has 0 spiro atoms. The van der Waals surface area contributed by atoms with Crippen molar-refractivity contribution in [3.05, 3.63) is 11.6 Å². The van der Waals surface area contributed by atoms with E-state index in [0.717, 1.165) is 6.42 Å². The Kier molecular flexibility index (Phi) is 4.11. The summed E-state index contributed by atoms with van der Waals surface area (Å²) in [7, 11) is 0. The molecule has 1 unspecified atom stereocenters. The lowest BCUT2D eigenvalue weighted by Crippen LogP contribution is -2.45. The average molecular weight is 262 g/mol. The molecule has 0 fully saturated rings. The lowest BCUT2D eigenvalue weighted by molar-refractivity contribution is -0.302. The minimum atomic E-state index is -5.49. The Balaban J connectivity index is 2.95. The average Bonchev–Trinajstić information content (AvgIpc) is 2.14. The van der Waals surface area contributed by atoms with Crippen LogP contribution in [-0.2, 0) is 0 Å². The van der Waals surface area contributed by atoms with E-state index in [0.29, 0.717) is 12.8 Å². The SMILES string of the molecule is OC(C1=CCCCC1)C(C(F)(F)F)C(F)(F)F. The van der Waals surface area contributed by atoms with Gasteiger partial charge in [-0.2, -0.15) is 26.3 Å². The van der Waals surface area contributed by atoms with E-state index in [-0.39, 0.29) is 12.0 Å². The Hall–Kier alpha value is -0.720. The Morgan fingerprint density at radius 3 is 1.88 bits per heavy atom. The van der Waals surface area contributed by atoms with E-state index in [1.807, 2.05) is 0 Å². The molecule has 0 amide bonds. The summed E-state index contributed by atoms with van der Waals surface area (Å²) in [5, 5.41) is 9.30. The first kappa shape index (κ1) is 14.3. The van der Waals surface area contributed by atoms with E-state index >= 15 is 0 Å². The third-order valence-corrected chi connectivity index (χ3v) is 2.73. The first-order chi connectivity index (χ1) is 7.64. The number of hydrogen-bond donors (Lipinski definition) is 1. The van der Waals surface area contributed by atoms with E-state index < -0.39 is 24.4 Å². The maximum absolute atomic E-state index is 12.3. The fourth-order valence-corrected chi connectivity index (χ4v) is 1.89. The molecule has 0 aromatic rings. The van der Waals surface area contributed by atoms with E-state index in [1.54, 1.807) is 0 Å². The first-order valence-corrected chi connectivity index (χ1v) is 5.14. The fraction of sp³-hybridized carbons (Fsp3) is 0.800. The maximum Gasteiger partial charge on any atom is 0.403 e. The zero-order chi connectivity index (χ0) is 13.3. The summed E-state index contributed by atoms with van der Waals surface area (Å²) in [6.45, 7) is 0. The molecular weight excluding hydrogens is 250 g/mol. The molecular formula is C10H12F6O. The number of hydrogen-bond acceptors (Lipinski definition) is 1. The van der Waals surface area contributed by atoms with Crippen molar-refractivity contribution in [1.29, 1.82) is 0 Å². The van der Waals surface area contributed by atoms with Crippen molar-refractivity contribution in [2.24, 2.45) is 5.92 Å². The van der Waals surface area contributed by atoms with Gasteiger partial charge >= 0.3 is 12.4 Å². The maximum atomic E-state index is 12.3. The second-order valence-electron chi connectivity index (χ2n) is 4.03. The van der Waals surface area contributed by atoms with Gasteiger partial charge < -0.3 is 5.11 Å². The van der Waals surface area contributed by atoms with Crippen LogP contribution in [0.1, 0.15) is 25.7 Å². The van der Waals surface area contributed by atoms with Crippen molar-refractivity contribution in [1.82, 2.24) is 0 Å². The third-order valence-electron chi connectivity index (χ3n) is 2.73. The number of alkyl halides is 6. The second-order valence-corrected chi connectivity index (χ2v) is 4.03. The van der Waals surface area contributed by atoms with Gasteiger partial charge in [0.1, 0.15) is 0 Å². The van der Waals surface area contributed by atoms with Crippen molar-refractivity contribution >= 4 is 0 Å². The van der Waals surface area contributed by atoms with Crippen molar-refractivity contribution in [3.63, 3.8) is 0 Å². The van der Waals surface area contributed by atoms with Crippen molar-refractivity contribution in [2.45, 2.75) is 44.1 Å². The van der Waals surface area contributed by atoms with Gasteiger partial charge in [0.15, 0.2) is 5.92 Å². The minimum absolute atomic E-state index is 0.0871. The Labute approximate surface area is 94.1 Å². The summed E-state index contributed by atoms with van der Waals surface area (Å²) in [5.41, 5.74) is -0.157. The summed E-state index contributed by atoms with van der Waals surface area (Å²) in [6, 6.07) is 0. The number of halogens is 6. The molecule has 0 aromatic heterocycles. The molecule has 1 atom stereocenters. The molecule has 1 nitrogen and oxygen atoms in total. The van der Waals surface area contributed by atoms with Crippen LogP contribution in [0.15, 0.2) is 11.6 Å². The predicted molar refractivity (Wildman–Crippen MR) is 48.2 cm³/mol. The lowest BCUT2D eigenvalue weighted by Gasteiger charge is -2.30. The number of rotatable bonds is 2. The Morgan fingerprint density at radius 1 is 1.00 bits per heavy atom. The highest BCUT2D eigenvalue weighted by Gasteiger charge is 2.60. The van der Waals surface area contributed by atoms with Gasteiger partial charge in [-0.05, 0) is 31.3 Å². The highest BCUT2D eigenvalue weighted by molar-refractivity contribution is 5.13. The summed E-state index contributed by atoms with van der Waals surface area (Å²) in [5.74, 6) is -3.70. The van der Waals surface area contributed by atoms with Gasteiger partial charge in [-0.3, -0.25) is 0 Å². The van der Waals surface area contributed by atoms with Gasteiger partial charge in [0.05, 0.1) is 6.10 Å². The first-order valence-electron chi connectivity index (χ1n) is 5.14. The topological polar surface area (TPSA) is 20.2 Å². The molecule has 1 aliphatic carbocycles. The van der Waals surface area contributed by atoms with Gasteiger partial charge in [0, 0.05) is 0 Å². The van der Waals surface area contributed by atoms with Crippen LogP contribution in [-0.4, -0.2) is 23.6 Å². The predicted octanol–water partition coefficient (Wildman–Crippen LogP) is 3.59. The van der Waals surface area contributed by atoms with Crippen molar-refractivity contribution in [3.8, 4) is 0 Å². The van der Waals surface area contributed by atoms with Crippen molar-refractivity contribution in [2.75, 3.05) is 0 Å². The molecule has 0 saturated heterocycles. The standard InChI is InChI=1S/C10H12F6O/c11-9(12,13)8(10(14,15)16)7(17)6-4-2-1-3-5-6/h4,7-8,17H,1-3,5H2. The van der Waals surface area contributed by atoms with E-state index in [9.17, 15) is 31.4 Å². The molecule has 1 rings (SSSR count). The van der Waals surface area contributed by atoms with Crippen molar-refractivity contribution < 1.29 is 31.4 Å². The Bertz CT molecular complexity index is 276. The highest BCUT2D eigenvalue weighted by Crippen LogP contribution is 2.44. The Morgan fingerprint density at radius 2 is 1.53 bits per heavy atom. The smallest absolute Gasteiger partial charge is 0.388 e. The van der Waals surface area contributed by atoms with Crippen LogP contribution in [0.2, 0.25) is 0 Å². The summed E-state index contributed by atoms with van der Waals surface area (Å²) >= 11 is 0.